The molecule has 2 heterocycles. The second kappa shape index (κ2) is 5.80. The molecule has 0 saturated carbocycles. The summed E-state index contributed by atoms with van der Waals surface area (Å²) in [7, 11) is 0. The highest BCUT2D eigenvalue weighted by Crippen LogP contribution is 2.21. The van der Waals surface area contributed by atoms with Crippen LogP contribution in [0.2, 0.25) is 0 Å². The molecule has 3 nitrogen and oxygen atoms in total. The zero-order valence-electron chi connectivity index (χ0n) is 8.96. The SMILES string of the molecule is O=C(NCc1ccc(Br)s1)C1CCCNC1. The van der Waals surface area contributed by atoms with Crippen LogP contribution in [-0.4, -0.2) is 19.0 Å². The van der Waals surface area contributed by atoms with Crippen molar-refractivity contribution in [2.75, 3.05) is 13.1 Å². The molecular weight excluding hydrogens is 288 g/mol. The average Bonchev–Trinajstić information content (AvgIpc) is 2.73. The highest BCUT2D eigenvalue weighted by Gasteiger charge is 2.20. The molecule has 1 fully saturated rings. The van der Waals surface area contributed by atoms with Crippen LogP contribution in [0.1, 0.15) is 17.7 Å². The first-order valence-electron chi connectivity index (χ1n) is 5.48. The van der Waals surface area contributed by atoms with E-state index in [2.05, 4.69) is 26.6 Å². The molecule has 0 radical (unpaired) electrons. The van der Waals surface area contributed by atoms with Crippen LogP contribution in [0.15, 0.2) is 15.9 Å². The Hall–Kier alpha value is -0.390. The molecule has 0 aromatic carbocycles. The van der Waals surface area contributed by atoms with Crippen LogP contribution < -0.4 is 10.6 Å². The fourth-order valence-corrected chi connectivity index (χ4v) is 3.26. The van der Waals surface area contributed by atoms with Gasteiger partial charge in [-0.05, 0) is 47.4 Å². The summed E-state index contributed by atoms with van der Waals surface area (Å²) >= 11 is 5.07. The fourth-order valence-electron chi connectivity index (χ4n) is 1.84. The zero-order chi connectivity index (χ0) is 11.4. The standard InChI is InChI=1S/C11H15BrN2OS/c12-10-4-3-9(16-10)7-14-11(15)8-2-1-5-13-6-8/h3-4,8,13H,1-2,5-7H2,(H,14,15). The summed E-state index contributed by atoms with van der Waals surface area (Å²) in [6.45, 7) is 2.51. The second-order valence-electron chi connectivity index (χ2n) is 3.97. The average molecular weight is 303 g/mol. The van der Waals surface area contributed by atoms with Crippen molar-refractivity contribution >= 4 is 33.2 Å². The van der Waals surface area contributed by atoms with Gasteiger partial charge in [0.15, 0.2) is 0 Å². The van der Waals surface area contributed by atoms with E-state index in [0.717, 1.165) is 29.7 Å². The molecule has 1 aliphatic rings. The fraction of sp³-hybridized carbons (Fsp3) is 0.545. The van der Waals surface area contributed by atoms with Crippen LogP contribution >= 0.6 is 27.3 Å². The lowest BCUT2D eigenvalue weighted by Gasteiger charge is -2.21. The van der Waals surface area contributed by atoms with E-state index in [0.29, 0.717) is 6.54 Å². The Morgan fingerprint density at radius 3 is 3.12 bits per heavy atom. The maximum atomic E-state index is 11.8. The lowest BCUT2D eigenvalue weighted by atomic mass is 9.99. The van der Waals surface area contributed by atoms with Crippen LogP contribution in [0.4, 0.5) is 0 Å². The molecule has 16 heavy (non-hydrogen) atoms. The molecule has 0 bridgehead atoms. The van der Waals surface area contributed by atoms with Gasteiger partial charge in [-0.2, -0.15) is 0 Å². The van der Waals surface area contributed by atoms with Gasteiger partial charge >= 0.3 is 0 Å². The van der Waals surface area contributed by atoms with Crippen LogP contribution in [0, 0.1) is 5.92 Å². The molecule has 1 aromatic heterocycles. The number of carbonyl (C=O) groups excluding carboxylic acids is 1. The summed E-state index contributed by atoms with van der Waals surface area (Å²) in [6, 6.07) is 4.04. The van der Waals surface area contributed by atoms with Crippen LogP contribution in [0.3, 0.4) is 0 Å². The second-order valence-corrected chi connectivity index (χ2v) is 6.51. The Balaban J connectivity index is 1.78. The van der Waals surface area contributed by atoms with Gasteiger partial charge in [-0.3, -0.25) is 4.79 Å². The topological polar surface area (TPSA) is 41.1 Å². The Morgan fingerprint density at radius 1 is 1.62 bits per heavy atom. The van der Waals surface area contributed by atoms with E-state index in [1.165, 1.54) is 4.88 Å². The van der Waals surface area contributed by atoms with Crippen molar-refractivity contribution in [1.82, 2.24) is 10.6 Å². The number of amides is 1. The lowest BCUT2D eigenvalue weighted by Crippen LogP contribution is -2.40. The molecule has 1 aliphatic heterocycles. The molecule has 0 spiro atoms. The minimum absolute atomic E-state index is 0.150. The minimum atomic E-state index is 0.150. The molecule has 0 aliphatic carbocycles. The smallest absolute Gasteiger partial charge is 0.224 e. The highest BCUT2D eigenvalue weighted by atomic mass is 79.9. The van der Waals surface area contributed by atoms with Crippen molar-refractivity contribution in [3.8, 4) is 0 Å². The summed E-state index contributed by atoms with van der Waals surface area (Å²) in [6.07, 6.45) is 2.11. The van der Waals surface area contributed by atoms with Gasteiger partial charge in [-0.15, -0.1) is 11.3 Å². The van der Waals surface area contributed by atoms with Crippen molar-refractivity contribution in [3.05, 3.63) is 20.8 Å². The number of carbonyl (C=O) groups is 1. The third-order valence-corrected chi connectivity index (χ3v) is 4.36. The first-order valence-corrected chi connectivity index (χ1v) is 7.09. The number of thiophene rings is 1. The Labute approximate surface area is 108 Å². The van der Waals surface area contributed by atoms with Crippen LogP contribution in [0.5, 0.6) is 0 Å². The zero-order valence-corrected chi connectivity index (χ0v) is 11.4. The Kier molecular flexibility index (Phi) is 4.37. The Bertz CT molecular complexity index is 361. The van der Waals surface area contributed by atoms with Gasteiger partial charge < -0.3 is 10.6 Å². The summed E-state index contributed by atoms with van der Waals surface area (Å²) < 4.78 is 1.11. The van der Waals surface area contributed by atoms with E-state index in [9.17, 15) is 4.79 Å². The number of hydrogen-bond acceptors (Lipinski definition) is 3. The molecule has 5 heteroatoms. The van der Waals surface area contributed by atoms with Gasteiger partial charge in [0.05, 0.1) is 16.2 Å². The maximum absolute atomic E-state index is 11.8. The molecular formula is C11H15BrN2OS. The molecule has 2 N–H and O–H groups in total. The molecule has 1 saturated heterocycles. The number of piperidine rings is 1. The van der Waals surface area contributed by atoms with Crippen molar-refractivity contribution in [3.63, 3.8) is 0 Å². The maximum Gasteiger partial charge on any atom is 0.224 e. The molecule has 1 amide bonds. The first-order chi connectivity index (χ1) is 7.75. The van der Waals surface area contributed by atoms with E-state index < -0.39 is 0 Å². The quantitative estimate of drug-likeness (QED) is 0.898. The highest BCUT2D eigenvalue weighted by molar-refractivity contribution is 9.11. The summed E-state index contributed by atoms with van der Waals surface area (Å²) in [5, 5.41) is 6.24. The summed E-state index contributed by atoms with van der Waals surface area (Å²) in [5.41, 5.74) is 0. The van der Waals surface area contributed by atoms with Crippen LogP contribution in [-0.2, 0) is 11.3 Å². The van der Waals surface area contributed by atoms with Crippen molar-refractivity contribution in [2.24, 2.45) is 5.92 Å². The molecule has 1 unspecified atom stereocenters. The number of hydrogen-bond donors (Lipinski definition) is 2. The predicted octanol–water partition coefficient (Wildman–Crippen LogP) is 2.13. The third-order valence-electron chi connectivity index (χ3n) is 2.73. The number of rotatable bonds is 3. The monoisotopic (exact) mass is 302 g/mol. The third kappa shape index (κ3) is 3.30. The molecule has 2 rings (SSSR count). The van der Waals surface area contributed by atoms with Crippen LogP contribution in [0.25, 0.3) is 0 Å². The van der Waals surface area contributed by atoms with Crippen molar-refractivity contribution < 1.29 is 4.79 Å². The van der Waals surface area contributed by atoms with Gasteiger partial charge in [0, 0.05) is 11.4 Å². The van der Waals surface area contributed by atoms with E-state index in [-0.39, 0.29) is 11.8 Å². The predicted molar refractivity (Wildman–Crippen MR) is 69.5 cm³/mol. The van der Waals surface area contributed by atoms with Gasteiger partial charge in [-0.1, -0.05) is 0 Å². The molecule has 1 atom stereocenters. The van der Waals surface area contributed by atoms with Gasteiger partial charge in [0.1, 0.15) is 0 Å². The molecule has 88 valence electrons. The van der Waals surface area contributed by atoms with Gasteiger partial charge in [-0.25, -0.2) is 0 Å². The summed E-state index contributed by atoms with van der Waals surface area (Å²) in [4.78, 5) is 13.0. The normalized spacial score (nSPS) is 20.7. The van der Waals surface area contributed by atoms with E-state index >= 15 is 0 Å². The molecule has 1 aromatic rings. The van der Waals surface area contributed by atoms with E-state index in [1.807, 2.05) is 12.1 Å². The Morgan fingerprint density at radius 2 is 2.50 bits per heavy atom. The minimum Gasteiger partial charge on any atom is -0.351 e. The largest absolute Gasteiger partial charge is 0.351 e. The first kappa shape index (κ1) is 12.1. The summed E-state index contributed by atoms with van der Waals surface area (Å²) in [5.74, 6) is 0.328. The number of halogens is 1. The van der Waals surface area contributed by atoms with Crippen molar-refractivity contribution in [2.45, 2.75) is 19.4 Å². The van der Waals surface area contributed by atoms with Crippen molar-refractivity contribution in [1.29, 1.82) is 0 Å². The van der Waals surface area contributed by atoms with Gasteiger partial charge in [0.2, 0.25) is 5.91 Å². The van der Waals surface area contributed by atoms with E-state index in [1.54, 1.807) is 11.3 Å². The number of nitrogens with one attached hydrogen (secondary N) is 2. The van der Waals surface area contributed by atoms with E-state index in [4.69, 9.17) is 0 Å². The van der Waals surface area contributed by atoms with Gasteiger partial charge in [0.25, 0.3) is 0 Å². The lowest BCUT2D eigenvalue weighted by molar-refractivity contribution is -0.125.